The zero-order chi connectivity index (χ0) is 12.4. The molecule has 1 aliphatic heterocycles. The van der Waals surface area contributed by atoms with Crippen LogP contribution >= 0.6 is 0 Å². The predicted octanol–water partition coefficient (Wildman–Crippen LogP) is 0.272. The van der Waals surface area contributed by atoms with E-state index in [2.05, 4.69) is 6.58 Å². The molecular formula is C12H11O5-. The second-order valence-electron chi connectivity index (χ2n) is 3.59. The van der Waals surface area contributed by atoms with Gasteiger partial charge in [-0.3, -0.25) is 0 Å². The molecule has 0 bridgehead atoms. The Bertz CT molecular complexity index is 478. The predicted molar refractivity (Wildman–Crippen MR) is 57.0 cm³/mol. The third kappa shape index (κ3) is 2.18. The number of carbonyl (C=O) groups is 1. The molecule has 1 heterocycles. The number of hydrogen-bond acceptors (Lipinski definition) is 5. The molecule has 1 aromatic carbocycles. The molecule has 0 amide bonds. The van der Waals surface area contributed by atoms with Crippen molar-refractivity contribution in [3.8, 4) is 17.2 Å². The van der Waals surface area contributed by atoms with Crippen molar-refractivity contribution in [3.05, 3.63) is 29.8 Å². The van der Waals surface area contributed by atoms with Gasteiger partial charge >= 0.3 is 0 Å². The zero-order valence-corrected chi connectivity index (χ0v) is 9.32. The summed E-state index contributed by atoms with van der Waals surface area (Å²) in [5.41, 5.74) is 0.660. The normalized spacial score (nSPS) is 12.3. The van der Waals surface area contributed by atoms with E-state index < -0.39 is 5.97 Å². The fraction of sp³-hybridized carbons (Fsp3) is 0.250. The smallest absolute Gasteiger partial charge is 0.231 e. The van der Waals surface area contributed by atoms with Crippen LogP contribution in [0.5, 0.6) is 17.2 Å². The first-order valence-corrected chi connectivity index (χ1v) is 4.97. The van der Waals surface area contributed by atoms with Crippen molar-refractivity contribution in [1.29, 1.82) is 0 Å². The average molecular weight is 235 g/mol. The molecule has 0 atom stereocenters. The van der Waals surface area contributed by atoms with Crippen LogP contribution in [-0.4, -0.2) is 19.9 Å². The van der Waals surface area contributed by atoms with Gasteiger partial charge in [0.15, 0.2) is 11.5 Å². The number of methoxy groups -OCH3 is 1. The van der Waals surface area contributed by atoms with Crippen molar-refractivity contribution in [2.45, 2.75) is 6.42 Å². The van der Waals surface area contributed by atoms with Crippen molar-refractivity contribution in [2.24, 2.45) is 0 Å². The molecule has 0 fully saturated rings. The fourth-order valence-electron chi connectivity index (χ4n) is 1.60. The molecule has 5 heteroatoms. The molecule has 90 valence electrons. The van der Waals surface area contributed by atoms with Gasteiger partial charge in [-0.25, -0.2) is 0 Å². The number of carbonyl (C=O) groups excluding carboxylic acids is 1. The van der Waals surface area contributed by atoms with Gasteiger partial charge in [0.05, 0.1) is 13.1 Å². The maximum absolute atomic E-state index is 10.6. The van der Waals surface area contributed by atoms with Crippen molar-refractivity contribution in [1.82, 2.24) is 0 Å². The number of ether oxygens (including phenoxy) is 3. The van der Waals surface area contributed by atoms with E-state index in [1.54, 1.807) is 12.1 Å². The van der Waals surface area contributed by atoms with Crippen LogP contribution in [0.15, 0.2) is 24.3 Å². The first kappa shape index (κ1) is 11.3. The van der Waals surface area contributed by atoms with Crippen LogP contribution in [-0.2, 0) is 11.2 Å². The van der Waals surface area contributed by atoms with Crippen LogP contribution in [0.3, 0.4) is 0 Å². The Morgan fingerprint density at radius 1 is 1.47 bits per heavy atom. The van der Waals surface area contributed by atoms with Crippen LogP contribution in [0.25, 0.3) is 0 Å². The standard InChI is InChI=1S/C12H12O5/c1-7(12(13)14)3-8-4-10-11(17-6-16-10)5-9(8)15-2/h4-5H,1,3,6H2,2H3,(H,13,14)/p-1. The number of rotatable bonds is 4. The number of fused-ring (bicyclic) bond motifs is 1. The van der Waals surface area contributed by atoms with Gasteiger partial charge in [0.1, 0.15) is 5.75 Å². The van der Waals surface area contributed by atoms with E-state index in [1.165, 1.54) is 7.11 Å². The molecule has 0 N–H and O–H groups in total. The molecule has 1 aromatic rings. The van der Waals surface area contributed by atoms with Crippen LogP contribution in [0.4, 0.5) is 0 Å². The maximum atomic E-state index is 10.6. The third-order valence-electron chi connectivity index (χ3n) is 2.47. The summed E-state index contributed by atoms with van der Waals surface area (Å²) in [6.45, 7) is 3.58. The first-order valence-electron chi connectivity index (χ1n) is 4.97. The Hall–Kier alpha value is -2.17. The Morgan fingerprint density at radius 2 is 2.12 bits per heavy atom. The number of benzene rings is 1. The Morgan fingerprint density at radius 3 is 2.71 bits per heavy atom. The Labute approximate surface area is 98.2 Å². The first-order chi connectivity index (χ1) is 8.11. The molecule has 0 aromatic heterocycles. The van der Waals surface area contributed by atoms with Gasteiger partial charge in [0, 0.05) is 18.1 Å². The van der Waals surface area contributed by atoms with Crippen molar-refractivity contribution in [2.75, 3.05) is 13.9 Å². The largest absolute Gasteiger partial charge is 0.545 e. The van der Waals surface area contributed by atoms with E-state index in [1.807, 2.05) is 0 Å². The molecular weight excluding hydrogens is 224 g/mol. The molecule has 2 rings (SSSR count). The summed E-state index contributed by atoms with van der Waals surface area (Å²) in [6.07, 6.45) is 0.141. The minimum absolute atomic E-state index is 0.0119. The van der Waals surface area contributed by atoms with Gasteiger partial charge < -0.3 is 24.1 Å². The van der Waals surface area contributed by atoms with Gasteiger partial charge in [-0.2, -0.15) is 0 Å². The lowest BCUT2D eigenvalue weighted by Crippen LogP contribution is -2.24. The quantitative estimate of drug-likeness (QED) is 0.701. The number of carboxylic acid groups (broad SMARTS) is 1. The molecule has 0 radical (unpaired) electrons. The van der Waals surface area contributed by atoms with Gasteiger partial charge in [0.25, 0.3) is 0 Å². The van der Waals surface area contributed by atoms with Gasteiger partial charge in [-0.15, -0.1) is 0 Å². The summed E-state index contributed by atoms with van der Waals surface area (Å²) in [5, 5.41) is 10.6. The van der Waals surface area contributed by atoms with Crippen LogP contribution in [0, 0.1) is 0 Å². The third-order valence-corrected chi connectivity index (χ3v) is 2.47. The Kier molecular flexibility index (Phi) is 2.91. The van der Waals surface area contributed by atoms with E-state index in [0.29, 0.717) is 22.8 Å². The number of hydrogen-bond donors (Lipinski definition) is 0. The molecule has 0 saturated heterocycles. The van der Waals surface area contributed by atoms with Gasteiger partial charge in [-0.05, 0) is 11.6 Å². The van der Waals surface area contributed by atoms with Crippen LogP contribution < -0.4 is 19.3 Å². The van der Waals surface area contributed by atoms with Crippen molar-refractivity contribution >= 4 is 5.97 Å². The summed E-state index contributed by atoms with van der Waals surface area (Å²) in [6, 6.07) is 3.36. The van der Waals surface area contributed by atoms with Crippen LogP contribution in [0.1, 0.15) is 5.56 Å². The molecule has 0 unspecified atom stereocenters. The molecule has 0 saturated carbocycles. The van der Waals surface area contributed by atoms with E-state index in [-0.39, 0.29) is 18.8 Å². The maximum Gasteiger partial charge on any atom is 0.231 e. The van der Waals surface area contributed by atoms with Crippen LogP contribution in [0.2, 0.25) is 0 Å². The summed E-state index contributed by atoms with van der Waals surface area (Å²) in [5.74, 6) is 0.429. The van der Waals surface area contributed by atoms with E-state index in [4.69, 9.17) is 14.2 Å². The minimum atomic E-state index is -1.27. The lowest BCUT2D eigenvalue weighted by molar-refractivity contribution is -0.299. The average Bonchev–Trinajstić information content (AvgIpc) is 2.74. The fourth-order valence-corrected chi connectivity index (χ4v) is 1.60. The topological polar surface area (TPSA) is 67.8 Å². The highest BCUT2D eigenvalue weighted by Crippen LogP contribution is 2.38. The van der Waals surface area contributed by atoms with Crippen molar-refractivity contribution in [3.63, 3.8) is 0 Å². The summed E-state index contributed by atoms with van der Waals surface area (Å²) in [7, 11) is 1.50. The highest BCUT2D eigenvalue weighted by atomic mass is 16.7. The minimum Gasteiger partial charge on any atom is -0.545 e. The number of aliphatic carboxylic acids is 1. The van der Waals surface area contributed by atoms with Gasteiger partial charge in [-0.1, -0.05) is 6.58 Å². The number of carboxylic acids is 1. The molecule has 0 spiro atoms. The molecule has 0 aliphatic carbocycles. The summed E-state index contributed by atoms with van der Waals surface area (Å²) >= 11 is 0. The zero-order valence-electron chi connectivity index (χ0n) is 9.32. The summed E-state index contributed by atoms with van der Waals surface area (Å²) in [4.78, 5) is 10.6. The molecule has 17 heavy (non-hydrogen) atoms. The van der Waals surface area contributed by atoms with E-state index in [0.717, 1.165) is 0 Å². The lowest BCUT2D eigenvalue weighted by Gasteiger charge is -2.11. The highest BCUT2D eigenvalue weighted by Gasteiger charge is 2.18. The van der Waals surface area contributed by atoms with E-state index in [9.17, 15) is 9.90 Å². The van der Waals surface area contributed by atoms with Gasteiger partial charge in [0.2, 0.25) is 6.79 Å². The van der Waals surface area contributed by atoms with E-state index >= 15 is 0 Å². The Balaban J connectivity index is 2.32. The lowest BCUT2D eigenvalue weighted by atomic mass is 10.0. The van der Waals surface area contributed by atoms with Crippen molar-refractivity contribution < 1.29 is 24.1 Å². The monoisotopic (exact) mass is 235 g/mol. The second kappa shape index (κ2) is 4.37. The molecule has 5 nitrogen and oxygen atoms in total. The SMILES string of the molecule is C=C(Cc1cc2c(cc1OC)OCO2)C(=O)[O-]. The summed E-state index contributed by atoms with van der Waals surface area (Å²) < 4.78 is 15.6. The molecule has 1 aliphatic rings. The second-order valence-corrected chi connectivity index (χ2v) is 3.59. The highest BCUT2D eigenvalue weighted by molar-refractivity contribution is 5.84.